The molecule has 2 unspecified atom stereocenters. The summed E-state index contributed by atoms with van der Waals surface area (Å²) in [6, 6.07) is 0. The lowest BCUT2D eigenvalue weighted by atomic mass is 10.1. The van der Waals surface area contributed by atoms with Gasteiger partial charge in [0.15, 0.2) is 11.6 Å². The molecule has 0 rings (SSSR count). The third-order valence-electron chi connectivity index (χ3n) is 4.38. The number of carbonyl (C=O) groups is 2. The highest BCUT2D eigenvalue weighted by molar-refractivity contribution is 5.83. The third kappa shape index (κ3) is 9.18. The van der Waals surface area contributed by atoms with E-state index >= 15 is 0 Å². The van der Waals surface area contributed by atoms with Crippen LogP contribution in [0.1, 0.15) is 41.5 Å². The second-order valence-electron chi connectivity index (χ2n) is 6.19. The number of hydrogen-bond donors (Lipinski definition) is 0. The zero-order chi connectivity index (χ0) is 17.8. The lowest BCUT2D eigenvalue weighted by Gasteiger charge is -2.21. The highest BCUT2D eigenvalue weighted by atomic mass is 16.5. The van der Waals surface area contributed by atoms with Crippen LogP contribution < -0.4 is 0 Å². The average Bonchev–Trinajstić information content (AvgIpc) is 2.56. The van der Waals surface area contributed by atoms with E-state index in [1.807, 2.05) is 13.8 Å². The first-order valence-electron chi connectivity index (χ1n) is 8.97. The fourth-order valence-corrected chi connectivity index (χ4v) is 2.25. The summed E-state index contributed by atoms with van der Waals surface area (Å²) in [6.07, 6.45) is 0. The number of Topliss-reactive ketones (excluding diaryl/α,β-unsaturated/α-hetero) is 2. The fraction of sp³-hybridized carbons (Fsp3) is 0.889. The Labute approximate surface area is 142 Å². The van der Waals surface area contributed by atoms with Crippen LogP contribution in [0.3, 0.4) is 0 Å². The van der Waals surface area contributed by atoms with E-state index in [0.29, 0.717) is 26.3 Å². The summed E-state index contributed by atoms with van der Waals surface area (Å²) in [7, 11) is 0. The van der Waals surface area contributed by atoms with Crippen molar-refractivity contribution in [1.82, 2.24) is 9.80 Å². The van der Waals surface area contributed by atoms with Gasteiger partial charge in [-0.1, -0.05) is 41.5 Å². The van der Waals surface area contributed by atoms with Crippen LogP contribution in [-0.4, -0.2) is 73.8 Å². The van der Waals surface area contributed by atoms with E-state index in [4.69, 9.17) is 4.74 Å². The van der Waals surface area contributed by atoms with E-state index in [-0.39, 0.29) is 23.4 Å². The van der Waals surface area contributed by atoms with Gasteiger partial charge in [-0.25, -0.2) is 0 Å². The molecule has 0 aromatic heterocycles. The van der Waals surface area contributed by atoms with Gasteiger partial charge in [0.05, 0.1) is 26.3 Å². The Morgan fingerprint density at radius 1 is 0.739 bits per heavy atom. The largest absolute Gasteiger partial charge is 0.380 e. The molecule has 2 atom stereocenters. The summed E-state index contributed by atoms with van der Waals surface area (Å²) < 4.78 is 5.62. The topological polar surface area (TPSA) is 49.9 Å². The van der Waals surface area contributed by atoms with Crippen molar-refractivity contribution in [2.75, 3.05) is 52.5 Å². The Morgan fingerprint density at radius 3 is 1.30 bits per heavy atom. The van der Waals surface area contributed by atoms with Gasteiger partial charge in [0, 0.05) is 11.8 Å². The molecule has 0 saturated heterocycles. The number of ether oxygens (including phenoxy) is 1. The Hall–Kier alpha value is -0.780. The SMILES string of the molecule is CCN(CC)CC(=O)C(C)COCC(C)C(=O)CN(CC)CC. The van der Waals surface area contributed by atoms with E-state index < -0.39 is 0 Å². The summed E-state index contributed by atoms with van der Waals surface area (Å²) in [6.45, 7) is 17.3. The third-order valence-corrected chi connectivity index (χ3v) is 4.38. The van der Waals surface area contributed by atoms with Crippen molar-refractivity contribution in [3.05, 3.63) is 0 Å². The van der Waals surface area contributed by atoms with Gasteiger partial charge in [-0.2, -0.15) is 0 Å². The van der Waals surface area contributed by atoms with E-state index in [0.717, 1.165) is 26.2 Å². The van der Waals surface area contributed by atoms with Crippen molar-refractivity contribution < 1.29 is 14.3 Å². The zero-order valence-corrected chi connectivity index (χ0v) is 15.9. The first-order valence-corrected chi connectivity index (χ1v) is 8.97. The Balaban J connectivity index is 4.08. The smallest absolute Gasteiger partial charge is 0.151 e. The van der Waals surface area contributed by atoms with Crippen molar-refractivity contribution >= 4 is 11.6 Å². The quantitative estimate of drug-likeness (QED) is 0.489. The summed E-state index contributed by atoms with van der Waals surface area (Å²) in [5, 5.41) is 0. The molecule has 136 valence electrons. The molecular formula is C18H36N2O3. The Kier molecular flexibility index (Phi) is 12.2. The minimum atomic E-state index is -0.124. The van der Waals surface area contributed by atoms with Crippen LogP contribution in [0.2, 0.25) is 0 Å². The van der Waals surface area contributed by atoms with E-state index in [1.165, 1.54) is 0 Å². The first kappa shape index (κ1) is 22.2. The van der Waals surface area contributed by atoms with Gasteiger partial charge >= 0.3 is 0 Å². The molecule has 5 nitrogen and oxygen atoms in total. The summed E-state index contributed by atoms with van der Waals surface area (Å²) >= 11 is 0. The van der Waals surface area contributed by atoms with Gasteiger partial charge in [-0.15, -0.1) is 0 Å². The molecule has 0 aliphatic carbocycles. The lowest BCUT2D eigenvalue weighted by molar-refractivity contribution is -0.127. The summed E-state index contributed by atoms with van der Waals surface area (Å²) in [5.41, 5.74) is 0. The van der Waals surface area contributed by atoms with Crippen LogP contribution in [0.4, 0.5) is 0 Å². The van der Waals surface area contributed by atoms with Crippen LogP contribution >= 0.6 is 0 Å². The molecule has 0 fully saturated rings. The number of carbonyl (C=O) groups excluding carboxylic acids is 2. The van der Waals surface area contributed by atoms with Crippen LogP contribution in [-0.2, 0) is 14.3 Å². The predicted octanol–water partition coefficient (Wildman–Crippen LogP) is 2.10. The molecule has 0 aliphatic rings. The van der Waals surface area contributed by atoms with Crippen LogP contribution in [0.5, 0.6) is 0 Å². The molecule has 0 radical (unpaired) electrons. The molecule has 0 spiro atoms. The normalized spacial score (nSPS) is 14.3. The van der Waals surface area contributed by atoms with Crippen molar-refractivity contribution in [2.45, 2.75) is 41.5 Å². The maximum Gasteiger partial charge on any atom is 0.151 e. The standard InChI is InChI=1S/C18H36N2O3/c1-7-19(8-2)11-17(21)15(5)13-23-14-16(6)18(22)12-20(9-3)10-4/h15-16H,7-14H2,1-6H3. The molecule has 0 N–H and O–H groups in total. The second kappa shape index (κ2) is 12.6. The van der Waals surface area contributed by atoms with Crippen molar-refractivity contribution in [3.8, 4) is 0 Å². The Morgan fingerprint density at radius 2 is 1.04 bits per heavy atom. The van der Waals surface area contributed by atoms with Crippen LogP contribution in [0.25, 0.3) is 0 Å². The molecule has 0 aromatic carbocycles. The molecular weight excluding hydrogens is 292 g/mol. The minimum absolute atomic E-state index is 0.124. The molecule has 0 saturated carbocycles. The number of likely N-dealkylation sites (N-methyl/N-ethyl adjacent to an activating group) is 2. The molecule has 0 heterocycles. The Bertz CT molecular complexity index is 307. The van der Waals surface area contributed by atoms with Crippen molar-refractivity contribution in [3.63, 3.8) is 0 Å². The van der Waals surface area contributed by atoms with Crippen LogP contribution in [0, 0.1) is 11.8 Å². The number of rotatable bonds is 14. The predicted molar refractivity (Wildman–Crippen MR) is 94.7 cm³/mol. The lowest BCUT2D eigenvalue weighted by Crippen LogP contribution is -2.35. The number of ketones is 2. The molecule has 0 amide bonds. The van der Waals surface area contributed by atoms with Gasteiger partial charge in [-0.05, 0) is 26.2 Å². The zero-order valence-electron chi connectivity index (χ0n) is 15.9. The van der Waals surface area contributed by atoms with Crippen LogP contribution in [0.15, 0.2) is 0 Å². The molecule has 23 heavy (non-hydrogen) atoms. The second-order valence-corrected chi connectivity index (χ2v) is 6.19. The van der Waals surface area contributed by atoms with E-state index in [2.05, 4.69) is 37.5 Å². The maximum absolute atomic E-state index is 12.1. The van der Waals surface area contributed by atoms with Crippen molar-refractivity contribution in [2.24, 2.45) is 11.8 Å². The monoisotopic (exact) mass is 328 g/mol. The highest BCUT2D eigenvalue weighted by Gasteiger charge is 2.19. The maximum atomic E-state index is 12.1. The van der Waals surface area contributed by atoms with Gasteiger partial charge in [0.1, 0.15) is 0 Å². The molecule has 0 aliphatic heterocycles. The van der Waals surface area contributed by atoms with E-state index in [9.17, 15) is 9.59 Å². The molecule has 0 aromatic rings. The van der Waals surface area contributed by atoms with E-state index in [1.54, 1.807) is 0 Å². The van der Waals surface area contributed by atoms with Gasteiger partial charge in [0.25, 0.3) is 0 Å². The molecule has 5 heteroatoms. The summed E-state index contributed by atoms with van der Waals surface area (Å²) in [5.74, 6) is 0.160. The van der Waals surface area contributed by atoms with Gasteiger partial charge in [-0.3, -0.25) is 19.4 Å². The van der Waals surface area contributed by atoms with Gasteiger partial charge < -0.3 is 4.74 Å². The fourth-order valence-electron chi connectivity index (χ4n) is 2.25. The first-order chi connectivity index (χ1) is 10.9. The highest BCUT2D eigenvalue weighted by Crippen LogP contribution is 2.05. The molecule has 0 bridgehead atoms. The van der Waals surface area contributed by atoms with Crippen molar-refractivity contribution in [1.29, 1.82) is 0 Å². The summed E-state index contributed by atoms with van der Waals surface area (Å²) in [4.78, 5) is 28.4. The minimum Gasteiger partial charge on any atom is -0.380 e. The average molecular weight is 328 g/mol. The number of hydrogen-bond acceptors (Lipinski definition) is 5. The number of nitrogens with zero attached hydrogens (tertiary/aromatic N) is 2. The van der Waals surface area contributed by atoms with Gasteiger partial charge in [0.2, 0.25) is 0 Å².